The average molecular weight is 415 g/mol. The van der Waals surface area contributed by atoms with Gasteiger partial charge in [0.15, 0.2) is 0 Å². The second-order valence-electron chi connectivity index (χ2n) is 6.98. The Morgan fingerprint density at radius 3 is 2.59 bits per heavy atom. The summed E-state index contributed by atoms with van der Waals surface area (Å²) in [6.07, 6.45) is 2.26. The van der Waals surface area contributed by atoms with Gasteiger partial charge in [0.1, 0.15) is 17.3 Å². The molecule has 1 heterocycles. The Morgan fingerprint density at radius 2 is 1.93 bits per heavy atom. The van der Waals surface area contributed by atoms with Crippen LogP contribution in [-0.2, 0) is 13.2 Å². The molecule has 3 aromatic rings. The molecule has 0 unspecified atom stereocenters. The Labute approximate surface area is 173 Å². The molecule has 0 amide bonds. The molecule has 152 valence electrons. The maximum absolute atomic E-state index is 13.2. The Kier molecular flexibility index (Phi) is 5.64. The molecule has 8 heteroatoms. The number of methoxy groups -OCH3 is 2. The van der Waals surface area contributed by atoms with Crippen molar-refractivity contribution in [1.82, 2.24) is 14.7 Å². The van der Waals surface area contributed by atoms with Crippen LogP contribution in [0.25, 0.3) is 11.5 Å². The van der Waals surface area contributed by atoms with Crippen LogP contribution in [0.5, 0.6) is 11.5 Å². The molecule has 0 radical (unpaired) electrons. The molecule has 1 aromatic heterocycles. The highest BCUT2D eigenvalue weighted by molar-refractivity contribution is 7.71. The standard InChI is InChI=1S/C21H22FN3O3S/c1-26-17-9-10-18(19(11-17)27-2)20-23-25(21(29)28-20)13-24(16-7-8-16)12-14-3-5-15(22)6-4-14/h3-6,9-11,16H,7-8,12-13H2,1-2H3. The first-order chi connectivity index (χ1) is 14.1. The smallest absolute Gasteiger partial charge is 0.288 e. The molecule has 0 spiro atoms. The first kappa shape index (κ1) is 19.6. The van der Waals surface area contributed by atoms with Gasteiger partial charge in [0, 0.05) is 18.7 Å². The summed E-state index contributed by atoms with van der Waals surface area (Å²) in [5.41, 5.74) is 1.75. The van der Waals surface area contributed by atoms with Crippen molar-refractivity contribution in [3.8, 4) is 23.0 Å². The molecule has 0 atom stereocenters. The number of hydrogen-bond donors (Lipinski definition) is 0. The van der Waals surface area contributed by atoms with Crippen molar-refractivity contribution in [1.29, 1.82) is 0 Å². The van der Waals surface area contributed by atoms with Gasteiger partial charge in [-0.1, -0.05) is 12.1 Å². The Bertz CT molecular complexity index is 1040. The Hall–Kier alpha value is -2.71. The predicted molar refractivity (Wildman–Crippen MR) is 109 cm³/mol. The maximum atomic E-state index is 13.2. The molecule has 0 aliphatic heterocycles. The summed E-state index contributed by atoms with van der Waals surface area (Å²) < 4.78 is 31.3. The lowest BCUT2D eigenvalue weighted by Crippen LogP contribution is -2.28. The lowest BCUT2D eigenvalue weighted by atomic mass is 10.2. The molecular formula is C21H22FN3O3S. The molecule has 0 saturated heterocycles. The average Bonchev–Trinajstić information content (AvgIpc) is 3.52. The van der Waals surface area contributed by atoms with E-state index in [1.807, 2.05) is 12.1 Å². The van der Waals surface area contributed by atoms with Crippen LogP contribution in [0.1, 0.15) is 18.4 Å². The van der Waals surface area contributed by atoms with Gasteiger partial charge in [-0.15, -0.1) is 5.10 Å². The van der Waals surface area contributed by atoms with Crippen molar-refractivity contribution < 1.29 is 18.3 Å². The van der Waals surface area contributed by atoms with Gasteiger partial charge in [0.25, 0.3) is 10.7 Å². The molecule has 1 aliphatic carbocycles. The summed E-state index contributed by atoms with van der Waals surface area (Å²) in [4.78, 5) is 2.57. The summed E-state index contributed by atoms with van der Waals surface area (Å²) in [7, 11) is 3.18. The zero-order valence-electron chi connectivity index (χ0n) is 16.3. The minimum absolute atomic E-state index is 0.233. The highest BCUT2D eigenvalue weighted by Gasteiger charge is 2.30. The summed E-state index contributed by atoms with van der Waals surface area (Å²) in [6, 6.07) is 12.5. The highest BCUT2D eigenvalue weighted by Crippen LogP contribution is 2.33. The number of nitrogens with zero attached hydrogens (tertiary/aromatic N) is 3. The largest absolute Gasteiger partial charge is 0.497 e. The van der Waals surface area contributed by atoms with Crippen LogP contribution in [0.15, 0.2) is 46.9 Å². The van der Waals surface area contributed by atoms with Gasteiger partial charge in [-0.05, 0) is 54.9 Å². The van der Waals surface area contributed by atoms with E-state index in [4.69, 9.17) is 26.1 Å². The number of ether oxygens (including phenoxy) is 2. The first-order valence-electron chi connectivity index (χ1n) is 9.36. The number of halogens is 1. The monoisotopic (exact) mass is 415 g/mol. The van der Waals surface area contributed by atoms with Crippen LogP contribution in [0.3, 0.4) is 0 Å². The third kappa shape index (κ3) is 4.49. The van der Waals surface area contributed by atoms with Crippen LogP contribution < -0.4 is 9.47 Å². The van der Waals surface area contributed by atoms with Crippen molar-refractivity contribution in [2.45, 2.75) is 32.1 Å². The summed E-state index contributed by atoms with van der Waals surface area (Å²) in [5.74, 6) is 1.44. The number of aromatic nitrogens is 2. The fraction of sp³-hybridized carbons (Fsp3) is 0.333. The number of rotatable bonds is 8. The summed E-state index contributed by atoms with van der Waals surface area (Å²) >= 11 is 5.40. The summed E-state index contributed by atoms with van der Waals surface area (Å²) in [6.45, 7) is 1.20. The zero-order chi connectivity index (χ0) is 20.4. The Morgan fingerprint density at radius 1 is 1.17 bits per heavy atom. The van der Waals surface area contributed by atoms with Crippen LogP contribution in [0, 0.1) is 10.7 Å². The van der Waals surface area contributed by atoms with Gasteiger partial charge in [-0.2, -0.15) is 0 Å². The van der Waals surface area contributed by atoms with E-state index < -0.39 is 0 Å². The molecular weight excluding hydrogens is 393 g/mol. The van der Waals surface area contributed by atoms with Gasteiger partial charge in [0.05, 0.1) is 26.5 Å². The van der Waals surface area contributed by atoms with Crippen LogP contribution >= 0.6 is 12.2 Å². The highest BCUT2D eigenvalue weighted by atomic mass is 32.1. The van der Waals surface area contributed by atoms with Crippen molar-refractivity contribution in [3.63, 3.8) is 0 Å². The van der Waals surface area contributed by atoms with E-state index in [9.17, 15) is 4.39 Å². The van der Waals surface area contributed by atoms with Crippen LogP contribution in [0.4, 0.5) is 4.39 Å². The van der Waals surface area contributed by atoms with Crippen LogP contribution in [0.2, 0.25) is 0 Å². The Balaban J connectivity index is 1.57. The molecule has 1 fully saturated rings. The van der Waals surface area contributed by atoms with Crippen molar-refractivity contribution >= 4 is 12.2 Å². The molecule has 6 nitrogen and oxygen atoms in total. The van der Waals surface area contributed by atoms with Crippen molar-refractivity contribution in [2.75, 3.05) is 14.2 Å². The third-order valence-corrected chi connectivity index (χ3v) is 5.22. The number of hydrogen-bond acceptors (Lipinski definition) is 6. The maximum Gasteiger partial charge on any atom is 0.288 e. The second kappa shape index (κ2) is 8.34. The van der Waals surface area contributed by atoms with Gasteiger partial charge >= 0.3 is 0 Å². The van der Waals surface area contributed by atoms with E-state index >= 15 is 0 Å². The third-order valence-electron chi connectivity index (χ3n) is 4.92. The van der Waals surface area contributed by atoms with E-state index in [1.54, 1.807) is 37.1 Å². The van der Waals surface area contributed by atoms with E-state index in [-0.39, 0.29) is 5.82 Å². The van der Waals surface area contributed by atoms with Crippen molar-refractivity contribution in [3.05, 3.63) is 58.7 Å². The van der Waals surface area contributed by atoms with Gasteiger partial charge in [-0.25, -0.2) is 9.07 Å². The van der Waals surface area contributed by atoms with E-state index in [1.165, 1.54) is 12.1 Å². The van der Waals surface area contributed by atoms with Gasteiger partial charge in [0.2, 0.25) is 0 Å². The molecule has 0 bridgehead atoms. The molecule has 4 rings (SSSR count). The lowest BCUT2D eigenvalue weighted by molar-refractivity contribution is 0.184. The molecule has 29 heavy (non-hydrogen) atoms. The molecule has 2 aromatic carbocycles. The lowest BCUT2D eigenvalue weighted by Gasteiger charge is -2.21. The SMILES string of the molecule is COc1ccc(-c2nn(CN(Cc3ccc(F)cc3)C3CC3)c(=S)o2)c(OC)c1. The number of benzene rings is 2. The quantitative estimate of drug-likeness (QED) is 0.499. The summed E-state index contributed by atoms with van der Waals surface area (Å²) in [5, 5.41) is 4.57. The fourth-order valence-corrected chi connectivity index (χ4v) is 3.39. The van der Waals surface area contributed by atoms with Crippen LogP contribution in [-0.4, -0.2) is 34.9 Å². The molecule has 0 N–H and O–H groups in total. The fourth-order valence-electron chi connectivity index (χ4n) is 3.21. The van der Waals surface area contributed by atoms with E-state index in [2.05, 4.69) is 10.00 Å². The zero-order valence-corrected chi connectivity index (χ0v) is 17.1. The predicted octanol–water partition coefficient (Wildman–Crippen LogP) is 4.65. The topological polar surface area (TPSA) is 52.7 Å². The molecule has 1 saturated carbocycles. The first-order valence-corrected chi connectivity index (χ1v) is 9.77. The van der Waals surface area contributed by atoms with E-state index in [0.717, 1.165) is 18.4 Å². The second-order valence-corrected chi connectivity index (χ2v) is 7.33. The van der Waals surface area contributed by atoms with Gasteiger partial charge < -0.3 is 13.9 Å². The molecule has 1 aliphatic rings. The minimum atomic E-state index is -0.233. The van der Waals surface area contributed by atoms with Crippen molar-refractivity contribution in [2.24, 2.45) is 0 Å². The van der Waals surface area contributed by atoms with Gasteiger partial charge in [-0.3, -0.25) is 4.90 Å². The minimum Gasteiger partial charge on any atom is -0.497 e. The van der Waals surface area contributed by atoms with E-state index in [0.29, 0.717) is 47.0 Å². The normalized spacial score (nSPS) is 13.7.